The first-order valence-corrected chi connectivity index (χ1v) is 10.5. The fourth-order valence-corrected chi connectivity index (χ4v) is 3.93. The third kappa shape index (κ3) is 4.52. The second-order valence-corrected chi connectivity index (χ2v) is 7.77. The van der Waals surface area contributed by atoms with Crippen LogP contribution < -0.4 is 15.0 Å². The third-order valence-corrected chi connectivity index (χ3v) is 5.60. The Morgan fingerprint density at radius 1 is 1.03 bits per heavy atom. The van der Waals surface area contributed by atoms with Gasteiger partial charge in [-0.05, 0) is 35.9 Å². The lowest BCUT2D eigenvalue weighted by Crippen LogP contribution is -2.31. The molecule has 1 aromatic heterocycles. The zero-order valence-corrected chi connectivity index (χ0v) is 18.3. The average molecular weight is 463 g/mol. The summed E-state index contributed by atoms with van der Waals surface area (Å²) in [6.07, 6.45) is -1.14. The summed E-state index contributed by atoms with van der Waals surface area (Å²) in [7, 11) is 1.34. The van der Waals surface area contributed by atoms with Crippen molar-refractivity contribution >= 4 is 5.82 Å². The van der Waals surface area contributed by atoms with Gasteiger partial charge in [-0.2, -0.15) is 10.5 Å². The number of methoxy groups -OCH3 is 1. The van der Waals surface area contributed by atoms with Crippen LogP contribution in [-0.4, -0.2) is 44.4 Å². The monoisotopic (exact) mass is 463 g/mol. The molecule has 2 aromatic carbocycles. The first kappa shape index (κ1) is 23.1. The second kappa shape index (κ2) is 9.82. The molecule has 0 saturated carbocycles. The molecule has 0 aliphatic carbocycles. The van der Waals surface area contributed by atoms with E-state index < -0.39 is 17.8 Å². The van der Waals surface area contributed by atoms with Crippen molar-refractivity contribution in [1.29, 1.82) is 10.5 Å². The highest BCUT2D eigenvalue weighted by Gasteiger charge is 2.23. The molecule has 1 unspecified atom stereocenters. The maximum Gasteiger partial charge on any atom is 0.165 e. The van der Waals surface area contributed by atoms with Crippen LogP contribution >= 0.6 is 0 Å². The zero-order valence-electron chi connectivity index (χ0n) is 18.3. The maximum atomic E-state index is 14.5. The van der Waals surface area contributed by atoms with Crippen molar-refractivity contribution in [1.82, 2.24) is 10.3 Å². The minimum Gasteiger partial charge on any atom is -0.494 e. The first-order valence-electron chi connectivity index (χ1n) is 10.5. The molecular weight excluding hydrogens is 443 g/mol. The Bertz CT molecular complexity index is 1320. The van der Waals surface area contributed by atoms with Gasteiger partial charge >= 0.3 is 0 Å². The Balaban J connectivity index is 1.96. The summed E-state index contributed by atoms with van der Waals surface area (Å²) in [5.74, 6) is -1.01. The molecule has 1 aliphatic rings. The molecule has 34 heavy (non-hydrogen) atoms. The van der Waals surface area contributed by atoms with Gasteiger partial charge in [0.2, 0.25) is 0 Å². The van der Waals surface area contributed by atoms with Gasteiger partial charge in [-0.3, -0.25) is 0 Å². The Labute approximate surface area is 194 Å². The Morgan fingerprint density at radius 3 is 2.44 bits per heavy atom. The topological polar surface area (TPSA) is 85.0 Å². The smallest absolute Gasteiger partial charge is 0.165 e. The van der Waals surface area contributed by atoms with Crippen molar-refractivity contribution in [2.24, 2.45) is 0 Å². The van der Waals surface area contributed by atoms with E-state index in [0.717, 1.165) is 6.07 Å². The fourth-order valence-electron chi connectivity index (χ4n) is 3.93. The van der Waals surface area contributed by atoms with Crippen molar-refractivity contribution in [2.75, 3.05) is 38.2 Å². The number of nitrogens with one attached hydrogen (secondary N) is 1. The summed E-state index contributed by atoms with van der Waals surface area (Å²) in [5.41, 5.74) is 1.18. The minimum absolute atomic E-state index is 0.0314. The van der Waals surface area contributed by atoms with E-state index in [4.69, 9.17) is 10.00 Å². The number of halogens is 3. The lowest BCUT2D eigenvalue weighted by molar-refractivity contribution is 0.337. The second-order valence-electron chi connectivity index (χ2n) is 7.77. The van der Waals surface area contributed by atoms with Gasteiger partial charge in [0, 0.05) is 30.8 Å². The number of benzene rings is 2. The molecular formula is C25H20F3N5O. The minimum atomic E-state index is -1.14. The van der Waals surface area contributed by atoms with Crippen molar-refractivity contribution < 1.29 is 17.9 Å². The Morgan fingerprint density at radius 2 is 1.76 bits per heavy atom. The molecule has 9 heteroatoms. The van der Waals surface area contributed by atoms with Crippen molar-refractivity contribution in [3.05, 3.63) is 65.2 Å². The molecule has 172 valence electrons. The van der Waals surface area contributed by atoms with Gasteiger partial charge in [-0.25, -0.2) is 18.2 Å². The number of anilines is 1. The molecule has 2 heterocycles. The Kier molecular flexibility index (Phi) is 6.67. The first-order chi connectivity index (χ1) is 16.4. The number of hydrogen-bond donors (Lipinski definition) is 1. The van der Waals surface area contributed by atoms with E-state index in [0.29, 0.717) is 35.6 Å². The summed E-state index contributed by atoms with van der Waals surface area (Å²) >= 11 is 0. The molecule has 1 fully saturated rings. The zero-order chi connectivity index (χ0) is 24.2. The molecule has 1 N–H and O–H groups in total. The molecule has 0 bridgehead atoms. The van der Waals surface area contributed by atoms with Gasteiger partial charge in [0.15, 0.2) is 11.6 Å². The average Bonchev–Trinajstić information content (AvgIpc) is 3.07. The summed E-state index contributed by atoms with van der Waals surface area (Å²) in [6.45, 7) is 1.26. The van der Waals surface area contributed by atoms with E-state index in [1.807, 2.05) is 0 Å². The van der Waals surface area contributed by atoms with Gasteiger partial charge in [0.05, 0.1) is 36.5 Å². The van der Waals surface area contributed by atoms with E-state index in [1.54, 1.807) is 17.0 Å². The maximum absolute atomic E-state index is 14.5. The van der Waals surface area contributed by atoms with Gasteiger partial charge in [0.1, 0.15) is 23.9 Å². The highest BCUT2D eigenvalue weighted by molar-refractivity contribution is 5.87. The quantitative estimate of drug-likeness (QED) is 0.625. The summed E-state index contributed by atoms with van der Waals surface area (Å²) in [6, 6.07) is 13.6. The van der Waals surface area contributed by atoms with Crippen LogP contribution in [0, 0.1) is 34.3 Å². The number of hydrogen-bond acceptors (Lipinski definition) is 6. The summed E-state index contributed by atoms with van der Waals surface area (Å²) in [4.78, 5) is 6.39. The highest BCUT2D eigenvalue weighted by atomic mass is 19.1. The van der Waals surface area contributed by atoms with E-state index in [1.165, 1.54) is 37.4 Å². The van der Waals surface area contributed by atoms with E-state index in [2.05, 4.69) is 16.4 Å². The normalized spacial score (nSPS) is 15.8. The highest BCUT2D eigenvalue weighted by Crippen LogP contribution is 2.38. The number of pyridine rings is 1. The number of nitriles is 2. The van der Waals surface area contributed by atoms with Crippen LogP contribution in [0.15, 0.2) is 42.5 Å². The van der Waals surface area contributed by atoms with Crippen LogP contribution in [0.5, 0.6) is 5.75 Å². The predicted molar refractivity (Wildman–Crippen MR) is 121 cm³/mol. The van der Waals surface area contributed by atoms with Crippen LogP contribution in [0.1, 0.15) is 11.1 Å². The number of aromatic nitrogens is 1. The molecule has 3 aromatic rings. The number of nitrogens with zero attached hydrogens (tertiary/aromatic N) is 4. The number of rotatable bonds is 4. The van der Waals surface area contributed by atoms with E-state index in [-0.39, 0.29) is 35.7 Å². The molecule has 0 spiro atoms. The molecule has 1 saturated heterocycles. The fraction of sp³-hybridized carbons (Fsp3) is 0.240. The van der Waals surface area contributed by atoms with Gasteiger partial charge in [-0.15, -0.1) is 0 Å². The largest absolute Gasteiger partial charge is 0.494 e. The molecule has 6 nitrogen and oxygen atoms in total. The van der Waals surface area contributed by atoms with Crippen LogP contribution in [0.3, 0.4) is 0 Å². The molecule has 1 aliphatic heterocycles. The lowest BCUT2D eigenvalue weighted by atomic mass is 9.94. The predicted octanol–water partition coefficient (Wildman–Crippen LogP) is 4.19. The van der Waals surface area contributed by atoms with Crippen LogP contribution in [-0.2, 0) is 0 Å². The van der Waals surface area contributed by atoms with Gasteiger partial charge < -0.3 is 15.0 Å². The summed E-state index contributed by atoms with van der Waals surface area (Å²) < 4.78 is 48.3. The Hall–Kier alpha value is -4.08. The third-order valence-electron chi connectivity index (χ3n) is 5.60. The molecule has 1 atom stereocenters. The number of ether oxygens (including phenoxy) is 1. The summed E-state index contributed by atoms with van der Waals surface area (Å²) in [5, 5.41) is 22.1. The van der Waals surface area contributed by atoms with Gasteiger partial charge in [0.25, 0.3) is 0 Å². The van der Waals surface area contributed by atoms with Crippen LogP contribution in [0.2, 0.25) is 0 Å². The molecule has 0 amide bonds. The lowest BCUT2D eigenvalue weighted by Gasteiger charge is -2.24. The SMILES string of the molecule is COc1ccc(-c2c(C#N)cc(N3CCNCC(F)C3)nc2-c2ccc(C#N)c(F)c2)cc1F. The van der Waals surface area contributed by atoms with Crippen LogP contribution in [0.25, 0.3) is 22.4 Å². The van der Waals surface area contributed by atoms with Crippen molar-refractivity contribution in [3.63, 3.8) is 0 Å². The van der Waals surface area contributed by atoms with Crippen molar-refractivity contribution in [2.45, 2.75) is 6.17 Å². The van der Waals surface area contributed by atoms with Crippen molar-refractivity contribution in [3.8, 4) is 40.3 Å². The number of alkyl halides is 1. The van der Waals surface area contributed by atoms with E-state index in [9.17, 15) is 18.4 Å². The van der Waals surface area contributed by atoms with E-state index >= 15 is 0 Å². The standard InChI is InChI=1S/C25H20F3N5O/c1-34-22-5-4-15(8-21(22)28)24-18(12-30)10-23(33-7-6-31-13-19(26)14-33)32-25(24)16-2-3-17(11-29)20(27)9-16/h2-5,8-10,19,31H,6-7,13-14H2,1H3. The molecule has 4 rings (SSSR count). The van der Waals surface area contributed by atoms with Gasteiger partial charge in [-0.1, -0.05) is 12.1 Å². The van der Waals surface area contributed by atoms with Crippen LogP contribution in [0.4, 0.5) is 19.0 Å². The molecule has 0 radical (unpaired) electrons.